The van der Waals surface area contributed by atoms with Crippen LogP contribution in [0.5, 0.6) is 5.75 Å². The van der Waals surface area contributed by atoms with Gasteiger partial charge in [0.05, 0.1) is 14.9 Å². The van der Waals surface area contributed by atoms with Crippen molar-refractivity contribution >= 4 is 7.81 Å². The minimum atomic E-state index is 0. The molecule has 1 nitrogen and oxygen atoms in total. The van der Waals surface area contributed by atoms with E-state index in [0.29, 0.717) is 6.32 Å². The van der Waals surface area contributed by atoms with E-state index in [1.54, 1.807) is 7.11 Å². The van der Waals surface area contributed by atoms with Crippen LogP contribution in [0.15, 0.2) is 24.3 Å². The number of hydrogen-bond acceptors (Lipinski definition) is 1. The fourth-order valence-corrected chi connectivity index (χ4v) is 0.762. The summed E-state index contributed by atoms with van der Waals surface area (Å²) >= 11 is 0. The predicted molar refractivity (Wildman–Crippen MR) is 43.8 cm³/mol. The van der Waals surface area contributed by atoms with Crippen LogP contribution in [0.1, 0.15) is 5.56 Å². The fraction of sp³-hybridized carbons (Fsp3) is 0.250. The molecule has 0 aromatic heterocycles. The summed E-state index contributed by atoms with van der Waals surface area (Å²) in [5.74, 6) is 0.860. The molecule has 0 atom stereocenters. The van der Waals surface area contributed by atoms with Crippen molar-refractivity contribution in [2.45, 2.75) is 6.32 Å². The van der Waals surface area contributed by atoms with Crippen LogP contribution in [0.4, 0.5) is 0 Å². The maximum absolute atomic E-state index is 6.88. The summed E-state index contributed by atoms with van der Waals surface area (Å²) in [6.07, 6.45) is 0.698. The van der Waals surface area contributed by atoms with Gasteiger partial charge in [0.2, 0.25) is 0 Å². The molecule has 0 aliphatic carbocycles. The van der Waals surface area contributed by atoms with E-state index in [9.17, 15) is 0 Å². The number of benzene rings is 1. The average Bonchev–Trinajstić information content (AvgIpc) is 2.07. The standard InChI is InChI=1S/C8H10BO.Zn/c1-10-8-4-2-7(6-9)3-5-8;/h2-5,9H,6H2,1H3;/i9D;. The summed E-state index contributed by atoms with van der Waals surface area (Å²) in [5.41, 5.74) is 1.14. The van der Waals surface area contributed by atoms with E-state index in [-0.39, 0.29) is 19.5 Å². The van der Waals surface area contributed by atoms with Gasteiger partial charge in [-0.2, -0.15) is 0 Å². The van der Waals surface area contributed by atoms with Gasteiger partial charge in [0.15, 0.2) is 0 Å². The Kier molecular flexibility index (Phi) is 4.30. The molecule has 0 unspecified atom stereocenters. The molecule has 3 heteroatoms. The number of hydrogen-bond donors (Lipinski definition) is 0. The Morgan fingerprint density at radius 1 is 1.45 bits per heavy atom. The van der Waals surface area contributed by atoms with E-state index in [2.05, 4.69) is 0 Å². The molecule has 1 aromatic carbocycles. The van der Waals surface area contributed by atoms with Gasteiger partial charge in [0.1, 0.15) is 5.75 Å². The van der Waals surface area contributed by atoms with Gasteiger partial charge in [-0.1, -0.05) is 24.0 Å². The fourth-order valence-electron chi connectivity index (χ4n) is 0.762. The molecule has 0 amide bonds. The molecule has 1 rings (SSSR count). The maximum atomic E-state index is 6.88. The summed E-state index contributed by atoms with van der Waals surface area (Å²) in [7, 11) is 3.04. The summed E-state index contributed by atoms with van der Waals surface area (Å²) in [6.45, 7) is 0. The Morgan fingerprint density at radius 2 is 2.09 bits per heavy atom. The molecule has 0 bridgehead atoms. The first-order valence-corrected chi connectivity index (χ1v) is 3.20. The zero-order chi connectivity index (χ0) is 8.10. The quantitative estimate of drug-likeness (QED) is 0.662. The van der Waals surface area contributed by atoms with E-state index < -0.39 is 0 Å². The third kappa shape index (κ3) is 3.07. The van der Waals surface area contributed by atoms with Crippen molar-refractivity contribution in [1.29, 1.82) is 1.34 Å². The molecule has 53 valence electrons. The monoisotopic (exact) mass is 198 g/mol. The van der Waals surface area contributed by atoms with Crippen LogP contribution in [0.3, 0.4) is 0 Å². The topological polar surface area (TPSA) is 9.23 Å². The average molecular weight is 199 g/mol. The molecule has 11 heavy (non-hydrogen) atoms. The Balaban J connectivity index is 0.00000121. The van der Waals surface area contributed by atoms with Crippen molar-refractivity contribution in [2.24, 2.45) is 0 Å². The molecule has 0 spiro atoms. The van der Waals surface area contributed by atoms with Gasteiger partial charge in [-0.25, -0.2) is 0 Å². The van der Waals surface area contributed by atoms with Crippen LogP contribution in [-0.2, 0) is 25.8 Å². The van der Waals surface area contributed by atoms with E-state index in [1.165, 1.54) is 7.81 Å². The molecule has 0 fully saturated rings. The first kappa shape index (κ1) is 8.80. The van der Waals surface area contributed by atoms with Crippen molar-refractivity contribution in [3.05, 3.63) is 29.8 Å². The van der Waals surface area contributed by atoms with E-state index in [1.807, 2.05) is 24.3 Å². The summed E-state index contributed by atoms with van der Waals surface area (Å²) in [5, 5.41) is 0. The van der Waals surface area contributed by atoms with Gasteiger partial charge in [-0.15, -0.1) is 0 Å². The summed E-state index contributed by atoms with van der Waals surface area (Å²) in [4.78, 5) is 0. The Morgan fingerprint density at radius 3 is 2.55 bits per heavy atom. The summed E-state index contributed by atoms with van der Waals surface area (Å²) in [6, 6.07) is 7.73. The molecular weight excluding hydrogens is 188 g/mol. The smallest absolute Gasteiger partial charge is 0.118 e. The Bertz CT molecular complexity index is 215. The van der Waals surface area contributed by atoms with E-state index in [0.717, 1.165) is 11.3 Å². The molecule has 0 heterocycles. The second-order valence-electron chi connectivity index (χ2n) is 2.05. The van der Waals surface area contributed by atoms with Crippen LogP contribution in [-0.4, -0.2) is 16.3 Å². The van der Waals surface area contributed by atoms with Gasteiger partial charge < -0.3 is 4.74 Å². The maximum Gasteiger partial charge on any atom is 0.118 e. The second-order valence-corrected chi connectivity index (χ2v) is 2.05. The van der Waals surface area contributed by atoms with Crippen LogP contribution >= 0.6 is 0 Å². The Hall–Kier alpha value is -0.292. The predicted octanol–water partition coefficient (Wildman–Crippen LogP) is 1.09. The number of rotatable bonds is 3. The number of ether oxygens (including phenoxy) is 1. The molecular formula is C8H10BOZn. The normalized spacial score (nSPS) is 9.36. The SMILES string of the molecule is [2H][B]Cc1ccc(OC)cc1.[Zn]. The van der Waals surface area contributed by atoms with Gasteiger partial charge >= 0.3 is 0 Å². The van der Waals surface area contributed by atoms with E-state index >= 15 is 0 Å². The van der Waals surface area contributed by atoms with Gasteiger partial charge in [0.25, 0.3) is 0 Å². The van der Waals surface area contributed by atoms with Gasteiger partial charge in [-0.05, 0) is 13.5 Å². The first-order chi connectivity index (χ1) is 5.36. The largest absolute Gasteiger partial charge is 0.497 e. The molecule has 0 aliphatic rings. The second kappa shape index (κ2) is 5.37. The number of methoxy groups -OCH3 is 1. The van der Waals surface area contributed by atoms with Crippen molar-refractivity contribution in [3.8, 4) is 5.75 Å². The van der Waals surface area contributed by atoms with E-state index in [4.69, 9.17) is 6.07 Å². The molecule has 0 saturated carbocycles. The third-order valence-electron chi connectivity index (χ3n) is 1.39. The van der Waals surface area contributed by atoms with Crippen LogP contribution in [0.25, 0.3) is 0 Å². The van der Waals surface area contributed by atoms with Crippen molar-refractivity contribution in [3.63, 3.8) is 0 Å². The zero-order valence-electron chi connectivity index (χ0n) is 7.71. The van der Waals surface area contributed by atoms with Crippen molar-refractivity contribution in [1.82, 2.24) is 0 Å². The van der Waals surface area contributed by atoms with Gasteiger partial charge in [0, 0.05) is 19.5 Å². The molecule has 0 N–H and O–H groups in total. The van der Waals surface area contributed by atoms with Gasteiger partial charge in [-0.3, -0.25) is 0 Å². The van der Waals surface area contributed by atoms with Crippen LogP contribution in [0, 0.1) is 0 Å². The third-order valence-corrected chi connectivity index (χ3v) is 1.39. The minimum Gasteiger partial charge on any atom is -0.497 e. The molecule has 0 aliphatic heterocycles. The molecule has 1 radical (unpaired) electrons. The Labute approximate surface area is 82.7 Å². The van der Waals surface area contributed by atoms with Crippen molar-refractivity contribution < 1.29 is 24.2 Å². The van der Waals surface area contributed by atoms with Crippen LogP contribution < -0.4 is 4.74 Å². The molecule has 1 aromatic rings. The first-order valence-electron chi connectivity index (χ1n) is 3.77. The minimum absolute atomic E-state index is 0. The van der Waals surface area contributed by atoms with Crippen molar-refractivity contribution in [2.75, 3.05) is 7.11 Å². The molecule has 0 saturated heterocycles. The van der Waals surface area contributed by atoms with Crippen LogP contribution in [0.2, 0.25) is 0 Å². The zero-order valence-corrected chi connectivity index (χ0v) is 9.68. The summed E-state index contributed by atoms with van der Waals surface area (Å²) < 4.78 is 11.9.